The third-order valence-corrected chi connectivity index (χ3v) is 9.02. The molecule has 3 aliphatic heterocycles. The van der Waals surface area contributed by atoms with Gasteiger partial charge in [0.1, 0.15) is 4.21 Å². The molecule has 1 aromatic heterocycles. The van der Waals surface area contributed by atoms with E-state index in [9.17, 15) is 21.6 Å². The fourth-order valence-electron chi connectivity index (χ4n) is 3.45. The van der Waals surface area contributed by atoms with Crippen molar-refractivity contribution in [2.75, 3.05) is 25.4 Å². The van der Waals surface area contributed by atoms with Crippen molar-refractivity contribution in [3.8, 4) is 0 Å². The number of carbonyl (C=O) groups excluding carboxylic acids is 1. The van der Waals surface area contributed by atoms with Gasteiger partial charge in [0.25, 0.3) is 15.9 Å². The number of piperidine rings is 1. The van der Waals surface area contributed by atoms with Gasteiger partial charge in [-0.15, -0.1) is 15.7 Å². The van der Waals surface area contributed by atoms with E-state index in [0.29, 0.717) is 25.9 Å². The number of hydrogen-bond acceptors (Lipinski definition) is 7. The molecule has 0 radical (unpaired) electrons. The minimum Gasteiger partial charge on any atom is -0.338 e. The highest BCUT2D eigenvalue weighted by Crippen LogP contribution is 2.23. The zero-order valence-electron chi connectivity index (χ0n) is 15.4. The lowest BCUT2D eigenvalue weighted by molar-refractivity contribution is -0.127. The Balaban J connectivity index is 1.42. The average molecular weight is 457 g/mol. The summed E-state index contributed by atoms with van der Waals surface area (Å²) in [6.45, 7) is 1.00. The van der Waals surface area contributed by atoms with E-state index in [1.165, 1.54) is 0 Å². The Morgan fingerprint density at radius 1 is 1.24 bits per heavy atom. The van der Waals surface area contributed by atoms with E-state index in [2.05, 4.69) is 9.12 Å². The van der Waals surface area contributed by atoms with Crippen LogP contribution in [0.15, 0.2) is 50.0 Å². The van der Waals surface area contributed by atoms with Gasteiger partial charge in [-0.2, -0.15) is 0 Å². The third-order valence-electron chi connectivity index (χ3n) is 4.95. The molecule has 0 atom stereocenters. The molecular formula is C17H20N4O5S3. The summed E-state index contributed by atoms with van der Waals surface area (Å²) in [5.41, 5.74) is 0.244. The number of fused-ring (bicyclic) bond motifs is 1. The van der Waals surface area contributed by atoms with Gasteiger partial charge < -0.3 is 9.80 Å². The standard InChI is InChI=1S/C17H20N4O5S3/c22-17(14-3-1-7-20-10-12-28(23,24)19-16(14)20)21-8-5-13(6-9-21)18-29(25,26)15-4-2-11-27-15/h1-4,7,11,13,18H,5-6,8-10,12H2. The number of carbonyl (C=O) groups is 1. The summed E-state index contributed by atoms with van der Waals surface area (Å²) in [5, 5.41) is 1.71. The Morgan fingerprint density at radius 2 is 2.00 bits per heavy atom. The summed E-state index contributed by atoms with van der Waals surface area (Å²) >= 11 is 1.16. The zero-order chi connectivity index (χ0) is 20.6. The number of sulfonamides is 2. The fourth-order valence-corrected chi connectivity index (χ4v) is 6.75. The van der Waals surface area contributed by atoms with E-state index in [4.69, 9.17) is 0 Å². The number of thiophene rings is 1. The minimum atomic E-state index is -3.58. The van der Waals surface area contributed by atoms with Crippen molar-refractivity contribution in [1.82, 2.24) is 14.5 Å². The monoisotopic (exact) mass is 456 g/mol. The van der Waals surface area contributed by atoms with E-state index in [-0.39, 0.29) is 39.9 Å². The first-order chi connectivity index (χ1) is 13.8. The van der Waals surface area contributed by atoms with Crippen LogP contribution in [0.25, 0.3) is 0 Å². The number of nitrogens with zero attached hydrogens (tertiary/aromatic N) is 3. The molecule has 3 aliphatic rings. The number of allylic oxidation sites excluding steroid dienone is 2. The molecule has 29 heavy (non-hydrogen) atoms. The highest BCUT2D eigenvalue weighted by molar-refractivity contribution is 7.91. The molecule has 4 heterocycles. The molecule has 1 aromatic rings. The summed E-state index contributed by atoms with van der Waals surface area (Å²) < 4.78 is 55.2. The summed E-state index contributed by atoms with van der Waals surface area (Å²) in [6, 6.07) is 2.99. The van der Waals surface area contributed by atoms with Crippen molar-refractivity contribution in [2.24, 2.45) is 4.40 Å². The predicted octanol–water partition coefficient (Wildman–Crippen LogP) is 0.515. The molecule has 0 spiro atoms. The second-order valence-electron chi connectivity index (χ2n) is 6.94. The third kappa shape index (κ3) is 4.29. The van der Waals surface area contributed by atoms with E-state index in [1.54, 1.807) is 45.7 Å². The van der Waals surface area contributed by atoms with E-state index in [1.807, 2.05) is 0 Å². The molecule has 12 heteroatoms. The molecule has 1 amide bonds. The van der Waals surface area contributed by atoms with Crippen molar-refractivity contribution >= 4 is 43.1 Å². The average Bonchev–Trinajstić information content (AvgIpc) is 3.22. The quantitative estimate of drug-likeness (QED) is 0.706. The van der Waals surface area contributed by atoms with Gasteiger partial charge >= 0.3 is 0 Å². The van der Waals surface area contributed by atoms with Gasteiger partial charge in [0.15, 0.2) is 5.84 Å². The Bertz CT molecular complexity index is 1100. The van der Waals surface area contributed by atoms with Crippen molar-refractivity contribution in [3.63, 3.8) is 0 Å². The van der Waals surface area contributed by atoms with Crippen LogP contribution in [0.3, 0.4) is 0 Å². The first-order valence-electron chi connectivity index (χ1n) is 9.08. The minimum absolute atomic E-state index is 0.0852. The number of amidine groups is 1. The number of hydrogen-bond donors (Lipinski definition) is 1. The van der Waals surface area contributed by atoms with Crippen LogP contribution in [0.5, 0.6) is 0 Å². The second-order valence-corrected chi connectivity index (χ2v) is 11.6. The molecule has 0 aromatic carbocycles. The first-order valence-corrected chi connectivity index (χ1v) is 13.1. The maximum absolute atomic E-state index is 13.0. The molecule has 4 rings (SSSR count). The molecule has 0 saturated carbocycles. The van der Waals surface area contributed by atoms with Crippen molar-refractivity contribution in [2.45, 2.75) is 23.1 Å². The summed E-state index contributed by atoms with van der Waals surface area (Å²) in [5.74, 6) is -0.225. The van der Waals surface area contributed by atoms with Crippen LogP contribution in [-0.2, 0) is 24.8 Å². The molecule has 0 aliphatic carbocycles. The van der Waals surface area contributed by atoms with Crippen LogP contribution in [0.1, 0.15) is 12.8 Å². The molecule has 156 valence electrons. The molecule has 0 bridgehead atoms. The predicted molar refractivity (Wildman–Crippen MR) is 109 cm³/mol. The van der Waals surface area contributed by atoms with Gasteiger partial charge in [0.2, 0.25) is 10.0 Å². The van der Waals surface area contributed by atoms with Crippen LogP contribution in [-0.4, -0.2) is 69.8 Å². The SMILES string of the molecule is O=C(C1=CC=CN2CCS(=O)(=O)N=C12)N1CCC(NS(=O)(=O)c2cccs2)CC1. The van der Waals surface area contributed by atoms with Crippen LogP contribution in [0.2, 0.25) is 0 Å². The summed E-state index contributed by atoms with van der Waals surface area (Å²) in [6.07, 6.45) is 5.94. The maximum Gasteiger partial charge on any atom is 0.257 e. The first kappa shape index (κ1) is 20.3. The van der Waals surface area contributed by atoms with E-state index < -0.39 is 20.0 Å². The summed E-state index contributed by atoms with van der Waals surface area (Å²) in [4.78, 5) is 16.3. The zero-order valence-corrected chi connectivity index (χ0v) is 17.8. The molecule has 1 N–H and O–H groups in total. The van der Waals surface area contributed by atoms with E-state index in [0.717, 1.165) is 11.3 Å². The second kappa shape index (κ2) is 7.67. The Labute approximate surface area is 173 Å². The molecule has 9 nitrogen and oxygen atoms in total. The van der Waals surface area contributed by atoms with Gasteiger partial charge in [-0.05, 0) is 36.4 Å². The normalized spacial score (nSPS) is 22.1. The summed E-state index contributed by atoms with van der Waals surface area (Å²) in [7, 11) is -7.13. The molecule has 0 unspecified atom stereocenters. The number of rotatable bonds is 4. The lowest BCUT2D eigenvalue weighted by Crippen LogP contribution is -2.49. The lowest BCUT2D eigenvalue weighted by Gasteiger charge is -2.35. The molecule has 1 fully saturated rings. The maximum atomic E-state index is 13.0. The van der Waals surface area contributed by atoms with Crippen molar-refractivity contribution in [1.29, 1.82) is 0 Å². The van der Waals surface area contributed by atoms with Crippen LogP contribution < -0.4 is 4.72 Å². The Morgan fingerprint density at radius 3 is 2.69 bits per heavy atom. The highest BCUT2D eigenvalue weighted by atomic mass is 32.2. The van der Waals surface area contributed by atoms with Gasteiger partial charge in [0, 0.05) is 31.9 Å². The van der Waals surface area contributed by atoms with Crippen LogP contribution in [0, 0.1) is 0 Å². The molecule has 1 saturated heterocycles. The van der Waals surface area contributed by atoms with Crippen LogP contribution in [0.4, 0.5) is 0 Å². The van der Waals surface area contributed by atoms with Gasteiger partial charge in [-0.3, -0.25) is 4.79 Å². The van der Waals surface area contributed by atoms with Gasteiger partial charge in [0.05, 0.1) is 11.3 Å². The smallest absolute Gasteiger partial charge is 0.257 e. The lowest BCUT2D eigenvalue weighted by atomic mass is 10.0. The Kier molecular flexibility index (Phi) is 5.36. The van der Waals surface area contributed by atoms with Gasteiger partial charge in [-0.25, -0.2) is 21.6 Å². The Hall–Kier alpha value is -2.02. The number of nitrogens with one attached hydrogen (secondary N) is 1. The van der Waals surface area contributed by atoms with Crippen LogP contribution >= 0.6 is 11.3 Å². The fraction of sp³-hybridized carbons (Fsp3) is 0.412. The number of amides is 1. The largest absolute Gasteiger partial charge is 0.338 e. The number of likely N-dealkylation sites (tertiary alicyclic amines) is 1. The van der Waals surface area contributed by atoms with Gasteiger partial charge in [-0.1, -0.05) is 6.07 Å². The molecular weight excluding hydrogens is 436 g/mol. The highest BCUT2D eigenvalue weighted by Gasteiger charge is 2.34. The van der Waals surface area contributed by atoms with E-state index >= 15 is 0 Å². The van der Waals surface area contributed by atoms with Crippen molar-refractivity contribution < 1.29 is 21.6 Å². The van der Waals surface area contributed by atoms with Crippen molar-refractivity contribution in [3.05, 3.63) is 41.4 Å². The topological polar surface area (TPSA) is 116 Å².